The Morgan fingerprint density at radius 3 is 2.32 bits per heavy atom. The minimum absolute atomic E-state index is 0.00645. The number of hydrogen-bond donors (Lipinski definition) is 2. The minimum Gasteiger partial charge on any atom is -0.374 e. The molecule has 1 unspecified atom stereocenters. The molecule has 1 atom stereocenters. The van der Waals surface area contributed by atoms with E-state index in [0.717, 1.165) is 13.0 Å². The molecule has 0 heterocycles. The molecule has 0 aromatic carbocycles. The van der Waals surface area contributed by atoms with Gasteiger partial charge < -0.3 is 4.74 Å². The fourth-order valence-corrected chi connectivity index (χ4v) is 3.48. The van der Waals surface area contributed by atoms with Crippen molar-refractivity contribution in [2.45, 2.75) is 96.1 Å². The molecule has 1 saturated carbocycles. The van der Waals surface area contributed by atoms with Gasteiger partial charge in [0.15, 0.2) is 0 Å². The maximum absolute atomic E-state index is 6.16. The lowest BCUT2D eigenvalue weighted by Crippen LogP contribution is -2.55. The monoisotopic (exact) mass is 270 g/mol. The molecule has 0 spiro atoms. The van der Waals surface area contributed by atoms with Gasteiger partial charge in [-0.15, -0.1) is 0 Å². The average Bonchev–Trinajstić information content (AvgIpc) is 2.44. The quantitative estimate of drug-likeness (QED) is 0.359. The van der Waals surface area contributed by atoms with Gasteiger partial charge in [0.25, 0.3) is 0 Å². The Balaban J connectivity index is 2.43. The molecule has 114 valence electrons. The van der Waals surface area contributed by atoms with E-state index in [4.69, 9.17) is 10.6 Å². The normalized spacial score (nSPS) is 20.4. The van der Waals surface area contributed by atoms with Gasteiger partial charge in [-0.2, -0.15) is 0 Å². The summed E-state index contributed by atoms with van der Waals surface area (Å²) in [7, 11) is 0. The van der Waals surface area contributed by atoms with E-state index in [2.05, 4.69) is 19.3 Å². The smallest absolute Gasteiger partial charge is 0.0848 e. The maximum Gasteiger partial charge on any atom is 0.0848 e. The highest BCUT2D eigenvalue weighted by atomic mass is 16.5. The number of ether oxygens (including phenoxy) is 1. The molecular weight excluding hydrogens is 236 g/mol. The fraction of sp³-hybridized carbons (Fsp3) is 1.00. The Morgan fingerprint density at radius 2 is 1.74 bits per heavy atom. The van der Waals surface area contributed by atoms with Crippen LogP contribution in [0, 0.1) is 0 Å². The molecule has 1 aliphatic rings. The van der Waals surface area contributed by atoms with Gasteiger partial charge >= 0.3 is 0 Å². The van der Waals surface area contributed by atoms with E-state index in [9.17, 15) is 0 Å². The van der Waals surface area contributed by atoms with Crippen molar-refractivity contribution >= 4 is 0 Å². The second-order valence-corrected chi connectivity index (χ2v) is 5.98. The number of unbranched alkanes of at least 4 members (excludes halogenated alkanes) is 4. The van der Waals surface area contributed by atoms with Crippen LogP contribution in [0.4, 0.5) is 0 Å². The Bertz CT molecular complexity index is 209. The molecule has 0 saturated heterocycles. The predicted molar refractivity (Wildman–Crippen MR) is 81.9 cm³/mol. The Hall–Kier alpha value is -0.120. The molecule has 3 nitrogen and oxygen atoms in total. The van der Waals surface area contributed by atoms with Crippen LogP contribution in [0.15, 0.2) is 0 Å². The molecule has 0 aromatic rings. The third-order valence-electron chi connectivity index (χ3n) is 4.56. The van der Waals surface area contributed by atoms with E-state index in [1.54, 1.807) is 0 Å². The molecule has 19 heavy (non-hydrogen) atoms. The molecule has 0 amide bonds. The van der Waals surface area contributed by atoms with Gasteiger partial charge in [-0.1, -0.05) is 58.3 Å². The summed E-state index contributed by atoms with van der Waals surface area (Å²) in [6, 6.07) is 0.328. The second kappa shape index (κ2) is 9.73. The molecule has 1 fully saturated rings. The highest BCUT2D eigenvalue weighted by Crippen LogP contribution is 2.36. The number of hydrazine groups is 1. The first-order valence-electron chi connectivity index (χ1n) is 8.39. The van der Waals surface area contributed by atoms with Crippen molar-refractivity contribution in [2.75, 3.05) is 6.61 Å². The molecule has 1 rings (SSSR count). The van der Waals surface area contributed by atoms with Crippen LogP contribution >= 0.6 is 0 Å². The van der Waals surface area contributed by atoms with Crippen molar-refractivity contribution in [1.29, 1.82) is 0 Å². The van der Waals surface area contributed by atoms with Crippen LogP contribution in [0.25, 0.3) is 0 Å². The zero-order valence-corrected chi connectivity index (χ0v) is 13.0. The first-order chi connectivity index (χ1) is 9.29. The van der Waals surface area contributed by atoms with E-state index in [1.165, 1.54) is 64.2 Å². The summed E-state index contributed by atoms with van der Waals surface area (Å²) < 4.78 is 6.16. The highest BCUT2D eigenvalue weighted by Gasteiger charge is 2.39. The average molecular weight is 270 g/mol. The van der Waals surface area contributed by atoms with Gasteiger partial charge in [-0.25, -0.2) is 0 Å². The minimum atomic E-state index is 0.00645. The zero-order chi connectivity index (χ0) is 14.0. The molecule has 0 aliphatic heterocycles. The third kappa shape index (κ3) is 5.41. The molecule has 0 bridgehead atoms. The third-order valence-corrected chi connectivity index (χ3v) is 4.56. The van der Waals surface area contributed by atoms with E-state index >= 15 is 0 Å². The summed E-state index contributed by atoms with van der Waals surface area (Å²) in [6.07, 6.45) is 14.0. The lowest BCUT2D eigenvalue weighted by atomic mass is 9.77. The summed E-state index contributed by atoms with van der Waals surface area (Å²) in [4.78, 5) is 0. The van der Waals surface area contributed by atoms with E-state index in [-0.39, 0.29) is 5.60 Å². The van der Waals surface area contributed by atoms with E-state index in [1.807, 2.05) is 0 Å². The number of nitrogens with two attached hydrogens (primary N) is 1. The fourth-order valence-electron chi connectivity index (χ4n) is 3.48. The number of hydrogen-bond acceptors (Lipinski definition) is 3. The van der Waals surface area contributed by atoms with Crippen LogP contribution in [0.1, 0.15) is 84.5 Å². The standard InChI is InChI=1S/C16H34N2O/c1-3-5-6-7-9-12-15(18-17)16(19-4-2)13-10-8-11-14-16/h15,18H,3-14,17H2,1-2H3. The van der Waals surface area contributed by atoms with Crippen LogP contribution in [-0.2, 0) is 4.74 Å². The Kier molecular flexibility index (Phi) is 8.67. The summed E-state index contributed by atoms with van der Waals surface area (Å²) >= 11 is 0. The van der Waals surface area contributed by atoms with Crippen molar-refractivity contribution in [3.05, 3.63) is 0 Å². The SMILES string of the molecule is CCCCCCCC(NN)C1(OCC)CCCCC1. The van der Waals surface area contributed by atoms with Gasteiger partial charge in [0.2, 0.25) is 0 Å². The molecule has 1 aliphatic carbocycles. The first kappa shape index (κ1) is 16.9. The Morgan fingerprint density at radius 1 is 1.05 bits per heavy atom. The van der Waals surface area contributed by atoms with Crippen LogP contribution in [-0.4, -0.2) is 18.2 Å². The summed E-state index contributed by atoms with van der Waals surface area (Å²) in [5.74, 6) is 5.83. The zero-order valence-electron chi connectivity index (χ0n) is 13.0. The summed E-state index contributed by atoms with van der Waals surface area (Å²) in [6.45, 7) is 5.16. The number of rotatable bonds is 10. The lowest BCUT2D eigenvalue weighted by Gasteiger charge is -2.43. The second-order valence-electron chi connectivity index (χ2n) is 5.98. The first-order valence-corrected chi connectivity index (χ1v) is 8.39. The van der Waals surface area contributed by atoms with Crippen LogP contribution in [0.3, 0.4) is 0 Å². The maximum atomic E-state index is 6.16. The van der Waals surface area contributed by atoms with Crippen LogP contribution in [0.2, 0.25) is 0 Å². The van der Waals surface area contributed by atoms with E-state index < -0.39 is 0 Å². The van der Waals surface area contributed by atoms with Gasteiger partial charge in [0.1, 0.15) is 0 Å². The van der Waals surface area contributed by atoms with Crippen LogP contribution < -0.4 is 11.3 Å². The molecular formula is C16H34N2O. The van der Waals surface area contributed by atoms with Crippen molar-refractivity contribution < 1.29 is 4.74 Å². The van der Waals surface area contributed by atoms with Crippen molar-refractivity contribution in [2.24, 2.45) is 5.84 Å². The summed E-state index contributed by atoms with van der Waals surface area (Å²) in [5, 5.41) is 0. The summed E-state index contributed by atoms with van der Waals surface area (Å²) in [5.41, 5.74) is 3.07. The van der Waals surface area contributed by atoms with E-state index in [0.29, 0.717) is 6.04 Å². The topological polar surface area (TPSA) is 47.3 Å². The predicted octanol–water partition coefficient (Wildman–Crippen LogP) is 3.92. The molecule has 3 heteroatoms. The lowest BCUT2D eigenvalue weighted by molar-refractivity contribution is -0.0919. The highest BCUT2D eigenvalue weighted by molar-refractivity contribution is 4.94. The largest absolute Gasteiger partial charge is 0.374 e. The molecule has 0 radical (unpaired) electrons. The number of nitrogens with one attached hydrogen (secondary N) is 1. The van der Waals surface area contributed by atoms with Gasteiger partial charge in [-0.3, -0.25) is 11.3 Å². The molecule has 3 N–H and O–H groups in total. The van der Waals surface area contributed by atoms with Gasteiger partial charge in [0.05, 0.1) is 11.6 Å². The van der Waals surface area contributed by atoms with Crippen molar-refractivity contribution in [3.63, 3.8) is 0 Å². The Labute approximate surface area is 119 Å². The van der Waals surface area contributed by atoms with Crippen LogP contribution in [0.5, 0.6) is 0 Å². The van der Waals surface area contributed by atoms with Crippen molar-refractivity contribution in [3.8, 4) is 0 Å². The van der Waals surface area contributed by atoms with Crippen molar-refractivity contribution in [1.82, 2.24) is 5.43 Å². The van der Waals surface area contributed by atoms with Gasteiger partial charge in [-0.05, 0) is 26.2 Å². The van der Waals surface area contributed by atoms with Gasteiger partial charge in [0, 0.05) is 6.61 Å². The molecule has 0 aromatic heterocycles.